The van der Waals surface area contributed by atoms with Crippen LogP contribution in [0.15, 0.2) is 24.3 Å². The van der Waals surface area contributed by atoms with Gasteiger partial charge in [0, 0.05) is 12.5 Å². The van der Waals surface area contributed by atoms with Crippen molar-refractivity contribution < 1.29 is 9.18 Å². The zero-order valence-corrected chi connectivity index (χ0v) is 11.1. The molecule has 19 heavy (non-hydrogen) atoms. The summed E-state index contributed by atoms with van der Waals surface area (Å²) in [6.45, 7) is 1.05. The van der Waals surface area contributed by atoms with Gasteiger partial charge in [0.1, 0.15) is 5.82 Å². The van der Waals surface area contributed by atoms with Crippen LogP contribution >= 0.6 is 0 Å². The van der Waals surface area contributed by atoms with Gasteiger partial charge in [0.2, 0.25) is 5.91 Å². The fraction of sp³-hybridized carbons (Fsp3) is 0.533. The van der Waals surface area contributed by atoms with Crippen LogP contribution in [0.25, 0.3) is 0 Å². The first kappa shape index (κ1) is 14.0. The summed E-state index contributed by atoms with van der Waals surface area (Å²) in [5.74, 6) is 0.223. The first-order valence-corrected chi connectivity index (χ1v) is 6.93. The molecule has 0 bridgehead atoms. The molecule has 104 valence electrons. The maximum Gasteiger partial charge on any atom is 0.223 e. The van der Waals surface area contributed by atoms with Gasteiger partial charge in [0.25, 0.3) is 0 Å². The van der Waals surface area contributed by atoms with Crippen molar-refractivity contribution >= 4 is 5.91 Å². The Bertz CT molecular complexity index is 436. The Labute approximate surface area is 113 Å². The molecule has 0 unspecified atom stereocenters. The standard InChI is InChI=1S/C15H21FN2O/c16-14-7-2-1-4-11(14)8-9-18-15(19)13-6-3-5-12(13)10-17/h1-2,4,7,12-13H,3,5-6,8-10,17H2,(H,18,19)/t12-,13-/m1/s1. The van der Waals surface area contributed by atoms with Crippen molar-refractivity contribution in [3.05, 3.63) is 35.6 Å². The number of carbonyl (C=O) groups excluding carboxylic acids is 1. The molecule has 1 saturated carbocycles. The predicted octanol–water partition coefficient (Wildman–Crippen LogP) is 1.86. The number of amides is 1. The normalized spacial score (nSPS) is 22.4. The van der Waals surface area contributed by atoms with Gasteiger partial charge in [0.05, 0.1) is 0 Å². The molecule has 0 spiro atoms. The van der Waals surface area contributed by atoms with E-state index in [1.807, 2.05) is 6.07 Å². The molecule has 1 aromatic rings. The number of hydrogen-bond acceptors (Lipinski definition) is 2. The molecule has 0 heterocycles. The van der Waals surface area contributed by atoms with Crippen molar-refractivity contribution in [3.63, 3.8) is 0 Å². The van der Waals surface area contributed by atoms with E-state index in [0.29, 0.717) is 31.0 Å². The molecule has 4 heteroatoms. The number of nitrogens with two attached hydrogens (primary N) is 1. The summed E-state index contributed by atoms with van der Waals surface area (Å²) in [7, 11) is 0. The molecule has 3 N–H and O–H groups in total. The lowest BCUT2D eigenvalue weighted by Gasteiger charge is -2.17. The summed E-state index contributed by atoms with van der Waals surface area (Å²) in [4.78, 5) is 12.0. The summed E-state index contributed by atoms with van der Waals surface area (Å²) in [5, 5.41) is 2.90. The minimum atomic E-state index is -0.211. The smallest absolute Gasteiger partial charge is 0.223 e. The largest absolute Gasteiger partial charge is 0.356 e. The fourth-order valence-electron chi connectivity index (χ4n) is 2.82. The number of carbonyl (C=O) groups is 1. The van der Waals surface area contributed by atoms with Gasteiger partial charge in [-0.2, -0.15) is 0 Å². The summed E-state index contributed by atoms with van der Waals surface area (Å²) in [5.41, 5.74) is 6.32. The highest BCUT2D eigenvalue weighted by Crippen LogP contribution is 2.30. The molecule has 2 atom stereocenters. The van der Waals surface area contributed by atoms with E-state index in [-0.39, 0.29) is 17.6 Å². The van der Waals surface area contributed by atoms with Gasteiger partial charge in [-0.05, 0) is 43.4 Å². The molecule has 1 aliphatic rings. The average molecular weight is 264 g/mol. The Morgan fingerprint density at radius 2 is 2.16 bits per heavy atom. The number of rotatable bonds is 5. The Morgan fingerprint density at radius 1 is 1.37 bits per heavy atom. The van der Waals surface area contributed by atoms with Gasteiger partial charge in [-0.15, -0.1) is 0 Å². The molecule has 1 amide bonds. The van der Waals surface area contributed by atoms with Gasteiger partial charge in [-0.25, -0.2) is 4.39 Å². The molecular formula is C15H21FN2O. The van der Waals surface area contributed by atoms with Crippen molar-refractivity contribution in [2.45, 2.75) is 25.7 Å². The SMILES string of the molecule is NC[C@H]1CCC[C@H]1C(=O)NCCc1ccccc1F. The highest BCUT2D eigenvalue weighted by Gasteiger charge is 2.31. The van der Waals surface area contributed by atoms with Crippen molar-refractivity contribution in [2.75, 3.05) is 13.1 Å². The van der Waals surface area contributed by atoms with Gasteiger partial charge in [0.15, 0.2) is 0 Å². The van der Waals surface area contributed by atoms with Crippen LogP contribution < -0.4 is 11.1 Å². The topological polar surface area (TPSA) is 55.1 Å². The number of hydrogen-bond donors (Lipinski definition) is 2. The van der Waals surface area contributed by atoms with E-state index in [1.54, 1.807) is 12.1 Å². The molecule has 1 fully saturated rings. The van der Waals surface area contributed by atoms with Gasteiger partial charge in [-0.1, -0.05) is 24.6 Å². The minimum absolute atomic E-state index is 0.0469. The van der Waals surface area contributed by atoms with E-state index in [4.69, 9.17) is 5.73 Å². The third-order valence-corrected chi connectivity index (χ3v) is 3.95. The fourth-order valence-corrected chi connectivity index (χ4v) is 2.82. The maximum atomic E-state index is 13.4. The van der Waals surface area contributed by atoms with E-state index < -0.39 is 0 Å². The summed E-state index contributed by atoms with van der Waals surface area (Å²) >= 11 is 0. The second-order valence-corrected chi connectivity index (χ2v) is 5.17. The Kier molecular flexibility index (Phi) is 4.91. The summed E-state index contributed by atoms with van der Waals surface area (Å²) < 4.78 is 13.4. The first-order chi connectivity index (χ1) is 9.22. The molecule has 0 saturated heterocycles. The van der Waals surface area contributed by atoms with Crippen LogP contribution in [0.5, 0.6) is 0 Å². The van der Waals surface area contributed by atoms with Crippen LogP contribution in [-0.2, 0) is 11.2 Å². The molecule has 1 aliphatic carbocycles. The van der Waals surface area contributed by atoms with Gasteiger partial charge >= 0.3 is 0 Å². The van der Waals surface area contributed by atoms with E-state index in [1.165, 1.54) is 6.07 Å². The molecule has 1 aromatic carbocycles. The van der Waals surface area contributed by atoms with Crippen molar-refractivity contribution in [1.82, 2.24) is 5.32 Å². The predicted molar refractivity (Wildman–Crippen MR) is 73.0 cm³/mol. The molecule has 2 rings (SSSR count). The van der Waals surface area contributed by atoms with E-state index in [2.05, 4.69) is 5.32 Å². The van der Waals surface area contributed by atoms with Crippen LogP contribution in [0.4, 0.5) is 4.39 Å². The number of nitrogens with one attached hydrogen (secondary N) is 1. The highest BCUT2D eigenvalue weighted by atomic mass is 19.1. The summed E-state index contributed by atoms with van der Waals surface area (Å²) in [6, 6.07) is 6.67. The molecule has 0 aromatic heterocycles. The second kappa shape index (κ2) is 6.66. The van der Waals surface area contributed by atoms with Crippen LogP contribution in [-0.4, -0.2) is 19.0 Å². The third kappa shape index (κ3) is 3.53. The van der Waals surface area contributed by atoms with Crippen LogP contribution in [0.1, 0.15) is 24.8 Å². The minimum Gasteiger partial charge on any atom is -0.356 e. The van der Waals surface area contributed by atoms with E-state index in [0.717, 1.165) is 19.3 Å². The Hall–Kier alpha value is -1.42. The lowest BCUT2D eigenvalue weighted by atomic mass is 9.95. The summed E-state index contributed by atoms with van der Waals surface area (Å²) in [6.07, 6.45) is 3.57. The van der Waals surface area contributed by atoms with Crippen molar-refractivity contribution in [2.24, 2.45) is 17.6 Å². The van der Waals surface area contributed by atoms with Crippen LogP contribution in [0.3, 0.4) is 0 Å². The first-order valence-electron chi connectivity index (χ1n) is 6.93. The number of halogens is 1. The van der Waals surface area contributed by atoms with E-state index >= 15 is 0 Å². The third-order valence-electron chi connectivity index (χ3n) is 3.95. The quantitative estimate of drug-likeness (QED) is 0.853. The van der Waals surface area contributed by atoms with Crippen LogP contribution in [0.2, 0.25) is 0 Å². The van der Waals surface area contributed by atoms with E-state index in [9.17, 15) is 9.18 Å². The molecule has 0 aliphatic heterocycles. The monoisotopic (exact) mass is 264 g/mol. The van der Waals surface area contributed by atoms with Crippen molar-refractivity contribution in [3.8, 4) is 0 Å². The van der Waals surface area contributed by atoms with Crippen LogP contribution in [0, 0.1) is 17.7 Å². The highest BCUT2D eigenvalue weighted by molar-refractivity contribution is 5.79. The second-order valence-electron chi connectivity index (χ2n) is 5.17. The maximum absolute atomic E-state index is 13.4. The average Bonchev–Trinajstić information content (AvgIpc) is 2.89. The molecule has 3 nitrogen and oxygen atoms in total. The Balaban J connectivity index is 1.80. The number of benzene rings is 1. The van der Waals surface area contributed by atoms with Gasteiger partial charge in [-0.3, -0.25) is 4.79 Å². The lowest BCUT2D eigenvalue weighted by molar-refractivity contribution is -0.125. The zero-order chi connectivity index (χ0) is 13.7. The van der Waals surface area contributed by atoms with Crippen molar-refractivity contribution in [1.29, 1.82) is 0 Å². The lowest BCUT2D eigenvalue weighted by Crippen LogP contribution is -2.36. The van der Waals surface area contributed by atoms with Gasteiger partial charge < -0.3 is 11.1 Å². The zero-order valence-electron chi connectivity index (χ0n) is 11.1. The Morgan fingerprint density at radius 3 is 2.89 bits per heavy atom. The molecule has 0 radical (unpaired) electrons. The molecular weight excluding hydrogens is 243 g/mol.